The van der Waals surface area contributed by atoms with E-state index in [0.29, 0.717) is 11.8 Å². The zero-order valence-corrected chi connectivity index (χ0v) is 7.31. The van der Waals surface area contributed by atoms with Gasteiger partial charge in [-0.1, -0.05) is 12.2 Å². The van der Waals surface area contributed by atoms with Gasteiger partial charge in [0.1, 0.15) is 6.29 Å². The van der Waals surface area contributed by atoms with E-state index in [9.17, 15) is 14.0 Å². The Morgan fingerprint density at radius 1 is 1.43 bits per heavy atom. The number of carbonyl (C=O) groups excluding carboxylic acids is 2. The number of pyridine rings is 1. The number of carbonyl (C=O) groups is 2. The summed E-state index contributed by atoms with van der Waals surface area (Å²) in [6.45, 7) is 0. The molecule has 1 rings (SSSR count). The molecule has 0 aliphatic carbocycles. The SMILES string of the molecule is O=CCC=Cc1cnc(F)c(C=O)c1. The largest absolute Gasteiger partial charge is 0.303 e. The first-order valence-corrected chi connectivity index (χ1v) is 3.99. The Kier molecular flexibility index (Phi) is 3.67. The number of hydrogen-bond acceptors (Lipinski definition) is 3. The van der Waals surface area contributed by atoms with Gasteiger partial charge in [0.2, 0.25) is 5.95 Å². The minimum absolute atomic E-state index is 0.0850. The molecule has 0 fully saturated rings. The Labute approximate surface area is 80.3 Å². The van der Waals surface area contributed by atoms with Crippen LogP contribution in [0.15, 0.2) is 18.3 Å². The molecule has 0 aliphatic heterocycles. The van der Waals surface area contributed by atoms with Crippen LogP contribution in [0.25, 0.3) is 6.08 Å². The van der Waals surface area contributed by atoms with Crippen LogP contribution in [0.5, 0.6) is 0 Å². The predicted octanol–water partition coefficient (Wildman–Crippen LogP) is 1.64. The molecule has 0 N–H and O–H groups in total. The van der Waals surface area contributed by atoms with E-state index < -0.39 is 5.95 Å². The van der Waals surface area contributed by atoms with Gasteiger partial charge in [0.15, 0.2) is 6.29 Å². The number of hydrogen-bond donors (Lipinski definition) is 0. The normalized spacial score (nSPS) is 10.4. The van der Waals surface area contributed by atoms with Gasteiger partial charge < -0.3 is 4.79 Å². The van der Waals surface area contributed by atoms with Crippen molar-refractivity contribution in [2.75, 3.05) is 0 Å². The summed E-state index contributed by atoms with van der Waals surface area (Å²) in [5.41, 5.74) is 0.508. The maximum absolute atomic E-state index is 12.7. The maximum atomic E-state index is 12.7. The van der Waals surface area contributed by atoms with Gasteiger partial charge in [-0.05, 0) is 11.6 Å². The van der Waals surface area contributed by atoms with E-state index in [1.807, 2.05) is 0 Å². The smallest absolute Gasteiger partial charge is 0.223 e. The number of allylic oxidation sites excluding steroid dienone is 1. The monoisotopic (exact) mass is 193 g/mol. The fraction of sp³-hybridized carbons (Fsp3) is 0.100. The van der Waals surface area contributed by atoms with Crippen LogP contribution < -0.4 is 0 Å². The summed E-state index contributed by atoms with van der Waals surface area (Å²) in [6, 6.07) is 1.37. The molecule has 14 heavy (non-hydrogen) atoms. The van der Waals surface area contributed by atoms with E-state index in [2.05, 4.69) is 4.98 Å². The molecule has 72 valence electrons. The van der Waals surface area contributed by atoms with Gasteiger partial charge in [0.25, 0.3) is 0 Å². The molecule has 1 aromatic rings. The fourth-order valence-corrected chi connectivity index (χ4v) is 0.916. The number of nitrogens with zero attached hydrogens (tertiary/aromatic N) is 1. The number of aromatic nitrogens is 1. The van der Waals surface area contributed by atoms with E-state index in [-0.39, 0.29) is 12.0 Å². The molecule has 0 atom stereocenters. The van der Waals surface area contributed by atoms with Crippen LogP contribution in [-0.2, 0) is 4.79 Å². The minimum atomic E-state index is -0.785. The first-order chi connectivity index (χ1) is 6.77. The van der Waals surface area contributed by atoms with Gasteiger partial charge >= 0.3 is 0 Å². The molecular weight excluding hydrogens is 185 g/mol. The topological polar surface area (TPSA) is 47.0 Å². The summed E-state index contributed by atoms with van der Waals surface area (Å²) < 4.78 is 12.7. The summed E-state index contributed by atoms with van der Waals surface area (Å²) in [5.74, 6) is -0.785. The second-order valence-electron chi connectivity index (χ2n) is 2.57. The van der Waals surface area contributed by atoms with Crippen molar-refractivity contribution >= 4 is 18.6 Å². The zero-order valence-electron chi connectivity index (χ0n) is 7.31. The highest BCUT2D eigenvalue weighted by Crippen LogP contribution is 2.07. The first-order valence-electron chi connectivity index (χ1n) is 3.99. The van der Waals surface area contributed by atoms with Crippen LogP contribution in [0.4, 0.5) is 4.39 Å². The van der Waals surface area contributed by atoms with Crippen molar-refractivity contribution in [2.24, 2.45) is 0 Å². The molecule has 0 radical (unpaired) electrons. The summed E-state index contributed by atoms with van der Waals surface area (Å²) in [6.07, 6.45) is 5.94. The van der Waals surface area contributed by atoms with E-state index in [0.717, 1.165) is 6.29 Å². The molecule has 4 heteroatoms. The van der Waals surface area contributed by atoms with Gasteiger partial charge in [0, 0.05) is 12.6 Å². The van der Waals surface area contributed by atoms with Crippen molar-refractivity contribution < 1.29 is 14.0 Å². The lowest BCUT2D eigenvalue weighted by Crippen LogP contribution is -1.92. The quantitative estimate of drug-likeness (QED) is 0.539. The zero-order chi connectivity index (χ0) is 10.4. The van der Waals surface area contributed by atoms with E-state index in [4.69, 9.17) is 0 Å². The number of rotatable bonds is 4. The molecule has 0 unspecified atom stereocenters. The maximum Gasteiger partial charge on any atom is 0.223 e. The summed E-state index contributed by atoms with van der Waals surface area (Å²) >= 11 is 0. The van der Waals surface area contributed by atoms with Crippen LogP contribution in [-0.4, -0.2) is 17.6 Å². The van der Waals surface area contributed by atoms with Crippen LogP contribution in [0.1, 0.15) is 22.3 Å². The van der Waals surface area contributed by atoms with Gasteiger partial charge in [-0.25, -0.2) is 4.98 Å². The third-order valence-electron chi connectivity index (χ3n) is 1.56. The molecule has 0 spiro atoms. The lowest BCUT2D eigenvalue weighted by Gasteiger charge is -1.95. The van der Waals surface area contributed by atoms with E-state index in [1.54, 1.807) is 12.2 Å². The van der Waals surface area contributed by atoms with Gasteiger partial charge in [-0.3, -0.25) is 4.79 Å². The van der Waals surface area contributed by atoms with Crippen molar-refractivity contribution in [3.05, 3.63) is 35.4 Å². The van der Waals surface area contributed by atoms with Crippen LogP contribution >= 0.6 is 0 Å². The Balaban J connectivity index is 2.89. The summed E-state index contributed by atoms with van der Waals surface area (Å²) in [5, 5.41) is 0. The number of halogens is 1. The first kappa shape index (κ1) is 10.2. The highest BCUT2D eigenvalue weighted by Gasteiger charge is 2.01. The van der Waals surface area contributed by atoms with Gasteiger partial charge in [-0.15, -0.1) is 0 Å². The third-order valence-corrected chi connectivity index (χ3v) is 1.56. The van der Waals surface area contributed by atoms with E-state index >= 15 is 0 Å². The van der Waals surface area contributed by atoms with Crippen molar-refractivity contribution in [1.29, 1.82) is 0 Å². The molecule has 1 heterocycles. The third kappa shape index (κ3) is 2.58. The van der Waals surface area contributed by atoms with Crippen LogP contribution in [0, 0.1) is 5.95 Å². The molecule has 0 saturated heterocycles. The molecule has 0 aromatic carbocycles. The predicted molar refractivity (Wildman–Crippen MR) is 49.3 cm³/mol. The standard InChI is InChI=1S/C10H8FNO2/c11-10-9(7-14)5-8(6-12-10)3-1-2-4-13/h1,3-7H,2H2. The molecule has 0 amide bonds. The highest BCUT2D eigenvalue weighted by atomic mass is 19.1. The second-order valence-corrected chi connectivity index (χ2v) is 2.57. The van der Waals surface area contributed by atoms with Gasteiger partial charge in [0.05, 0.1) is 5.56 Å². The van der Waals surface area contributed by atoms with Crippen molar-refractivity contribution in [3.8, 4) is 0 Å². The van der Waals surface area contributed by atoms with Crippen molar-refractivity contribution in [3.63, 3.8) is 0 Å². The lowest BCUT2D eigenvalue weighted by molar-refractivity contribution is -0.107. The average Bonchev–Trinajstić information content (AvgIpc) is 2.21. The molecule has 0 bridgehead atoms. The molecule has 1 aromatic heterocycles. The van der Waals surface area contributed by atoms with Crippen molar-refractivity contribution in [2.45, 2.75) is 6.42 Å². The average molecular weight is 193 g/mol. The minimum Gasteiger partial charge on any atom is -0.303 e. The molecule has 0 aliphatic rings. The van der Waals surface area contributed by atoms with E-state index in [1.165, 1.54) is 12.3 Å². The summed E-state index contributed by atoms with van der Waals surface area (Å²) in [4.78, 5) is 23.7. The molecule has 0 saturated carbocycles. The number of aldehydes is 2. The second kappa shape index (κ2) is 5.01. The molecular formula is C10H8FNO2. The van der Waals surface area contributed by atoms with Crippen LogP contribution in [0.2, 0.25) is 0 Å². The van der Waals surface area contributed by atoms with Gasteiger partial charge in [-0.2, -0.15) is 4.39 Å². The Hall–Kier alpha value is -1.84. The highest BCUT2D eigenvalue weighted by molar-refractivity contribution is 5.76. The molecule has 3 nitrogen and oxygen atoms in total. The Morgan fingerprint density at radius 2 is 2.21 bits per heavy atom. The Morgan fingerprint density at radius 3 is 2.86 bits per heavy atom. The summed E-state index contributed by atoms with van der Waals surface area (Å²) in [7, 11) is 0. The Bertz CT molecular complexity index is 374. The fourth-order valence-electron chi connectivity index (χ4n) is 0.916. The van der Waals surface area contributed by atoms with Crippen molar-refractivity contribution in [1.82, 2.24) is 4.98 Å². The lowest BCUT2D eigenvalue weighted by atomic mass is 10.2. The van der Waals surface area contributed by atoms with Crippen LogP contribution in [0.3, 0.4) is 0 Å².